The van der Waals surface area contributed by atoms with Crippen molar-refractivity contribution in [2.75, 3.05) is 25.0 Å². The lowest BCUT2D eigenvalue weighted by molar-refractivity contribution is -0.123. The number of anilines is 1. The second-order valence-electron chi connectivity index (χ2n) is 8.26. The van der Waals surface area contributed by atoms with Crippen LogP contribution >= 0.6 is 11.3 Å². The molecule has 32 heavy (non-hydrogen) atoms. The number of nitrogens with one attached hydrogen (secondary N) is 1. The van der Waals surface area contributed by atoms with Crippen LogP contribution in [-0.4, -0.2) is 41.3 Å². The Labute approximate surface area is 191 Å². The molecule has 2 amide bonds. The van der Waals surface area contributed by atoms with Crippen LogP contribution in [0.15, 0.2) is 40.8 Å². The summed E-state index contributed by atoms with van der Waals surface area (Å²) in [4.78, 5) is 31.5. The Morgan fingerprint density at radius 2 is 1.88 bits per heavy atom. The molecule has 7 nitrogen and oxygen atoms in total. The van der Waals surface area contributed by atoms with Crippen molar-refractivity contribution in [3.8, 4) is 10.8 Å². The Morgan fingerprint density at radius 1 is 1.16 bits per heavy atom. The van der Waals surface area contributed by atoms with Crippen molar-refractivity contribution in [1.82, 2.24) is 9.88 Å². The van der Waals surface area contributed by atoms with Gasteiger partial charge in [-0.05, 0) is 76.0 Å². The first-order valence-corrected chi connectivity index (χ1v) is 11.7. The van der Waals surface area contributed by atoms with Gasteiger partial charge in [0, 0.05) is 18.2 Å². The topological polar surface area (TPSA) is 101 Å². The van der Waals surface area contributed by atoms with Crippen molar-refractivity contribution in [3.05, 3.63) is 58.3 Å². The fourth-order valence-corrected chi connectivity index (χ4v) is 4.86. The highest BCUT2D eigenvalue weighted by molar-refractivity contribution is 7.17. The zero-order chi connectivity index (χ0) is 22.7. The molecule has 0 bridgehead atoms. The van der Waals surface area contributed by atoms with Crippen LogP contribution in [0.5, 0.6) is 0 Å². The van der Waals surface area contributed by atoms with Crippen molar-refractivity contribution < 1.29 is 14.0 Å². The second kappa shape index (κ2) is 9.67. The highest BCUT2D eigenvalue weighted by Gasteiger charge is 2.22. The minimum atomic E-state index is -0.178. The summed E-state index contributed by atoms with van der Waals surface area (Å²) >= 11 is 1.33. The Morgan fingerprint density at radius 3 is 2.50 bits per heavy atom. The Bertz CT molecular complexity index is 1090. The highest BCUT2D eigenvalue weighted by atomic mass is 32.1. The molecule has 1 aliphatic heterocycles. The van der Waals surface area contributed by atoms with E-state index in [1.165, 1.54) is 16.9 Å². The van der Waals surface area contributed by atoms with Gasteiger partial charge in [-0.3, -0.25) is 9.59 Å². The molecule has 0 saturated carbocycles. The fraction of sp³-hybridized carbons (Fsp3) is 0.375. The number of amides is 2. The molecule has 3 N–H and O–H groups in total. The Balaban J connectivity index is 1.31. The lowest BCUT2D eigenvalue weighted by atomic mass is 9.96. The number of carbonyl (C=O) groups is 2. The van der Waals surface area contributed by atoms with Crippen molar-refractivity contribution in [2.24, 2.45) is 11.7 Å². The highest BCUT2D eigenvalue weighted by Crippen LogP contribution is 2.30. The number of likely N-dealkylation sites (tertiary alicyclic amines) is 1. The van der Waals surface area contributed by atoms with Crippen molar-refractivity contribution in [2.45, 2.75) is 33.1 Å². The van der Waals surface area contributed by atoms with Crippen LogP contribution in [-0.2, 0) is 11.2 Å². The van der Waals surface area contributed by atoms with E-state index in [1.807, 2.05) is 50.2 Å². The van der Waals surface area contributed by atoms with E-state index < -0.39 is 0 Å². The van der Waals surface area contributed by atoms with Crippen LogP contribution in [0.1, 0.15) is 39.5 Å². The molecule has 1 saturated heterocycles. The summed E-state index contributed by atoms with van der Waals surface area (Å²) < 4.78 is 5.62. The van der Waals surface area contributed by atoms with Crippen LogP contribution in [0.4, 0.5) is 5.69 Å². The summed E-state index contributed by atoms with van der Waals surface area (Å²) in [7, 11) is 0. The average molecular weight is 453 g/mol. The molecule has 4 rings (SSSR count). The number of primary amides is 1. The number of benzene rings is 1. The quantitative estimate of drug-likeness (QED) is 0.564. The summed E-state index contributed by atoms with van der Waals surface area (Å²) in [6.45, 7) is 6.49. The SMILES string of the molecule is Cc1ccc(-c2nc(C)c(C(=O)Nc3ccc(CCN4CCC(C(N)=O)CC4)cc3)s2)o1. The number of hydrogen-bond acceptors (Lipinski definition) is 6. The molecule has 1 fully saturated rings. The summed E-state index contributed by atoms with van der Waals surface area (Å²) in [5.41, 5.74) is 8.06. The van der Waals surface area contributed by atoms with Gasteiger partial charge in [-0.1, -0.05) is 12.1 Å². The molecule has 168 valence electrons. The van der Waals surface area contributed by atoms with Gasteiger partial charge in [-0.2, -0.15) is 0 Å². The van der Waals surface area contributed by atoms with Gasteiger partial charge < -0.3 is 20.4 Å². The fourth-order valence-electron chi connectivity index (χ4n) is 3.93. The predicted octanol–water partition coefficient (Wildman–Crippen LogP) is 4.01. The molecule has 0 unspecified atom stereocenters. The number of thiazole rings is 1. The van der Waals surface area contributed by atoms with Gasteiger partial charge in [0.05, 0.1) is 5.69 Å². The standard InChI is InChI=1S/C24H28N4O3S/c1-15-3-8-20(31-15)24-26-16(2)21(32-24)23(30)27-19-6-4-17(5-7-19)9-12-28-13-10-18(11-14-28)22(25)29/h3-8,18H,9-14H2,1-2H3,(H2,25,29)(H,27,30). The molecule has 3 heterocycles. The first kappa shape index (κ1) is 22.2. The normalized spacial score (nSPS) is 15.1. The van der Waals surface area contributed by atoms with Crippen LogP contribution in [0.25, 0.3) is 10.8 Å². The lowest BCUT2D eigenvalue weighted by Gasteiger charge is -2.30. The van der Waals surface area contributed by atoms with E-state index in [9.17, 15) is 9.59 Å². The third-order valence-corrected chi connectivity index (χ3v) is 7.04. The molecular formula is C24H28N4O3S. The molecule has 1 aromatic carbocycles. The zero-order valence-corrected chi connectivity index (χ0v) is 19.2. The van der Waals surface area contributed by atoms with E-state index >= 15 is 0 Å². The lowest BCUT2D eigenvalue weighted by Crippen LogP contribution is -2.39. The van der Waals surface area contributed by atoms with Crippen LogP contribution in [0.2, 0.25) is 0 Å². The number of rotatable bonds is 7. The Hall–Kier alpha value is -2.97. The van der Waals surface area contributed by atoms with Crippen molar-refractivity contribution >= 4 is 28.8 Å². The number of furan rings is 1. The maximum absolute atomic E-state index is 12.8. The number of nitrogens with zero attached hydrogens (tertiary/aromatic N) is 2. The van der Waals surface area contributed by atoms with Gasteiger partial charge in [-0.25, -0.2) is 4.98 Å². The molecule has 0 aliphatic carbocycles. The maximum atomic E-state index is 12.8. The second-order valence-corrected chi connectivity index (χ2v) is 9.26. The number of piperidine rings is 1. The number of aryl methyl sites for hydroxylation is 2. The molecule has 2 aromatic heterocycles. The van der Waals surface area contributed by atoms with E-state index in [0.717, 1.165) is 50.3 Å². The minimum absolute atomic E-state index is 0.0237. The molecule has 0 radical (unpaired) electrons. The summed E-state index contributed by atoms with van der Waals surface area (Å²) in [6, 6.07) is 11.7. The van der Waals surface area contributed by atoms with Gasteiger partial charge in [0.2, 0.25) is 5.91 Å². The van der Waals surface area contributed by atoms with E-state index in [4.69, 9.17) is 10.2 Å². The largest absolute Gasteiger partial charge is 0.459 e. The molecule has 3 aromatic rings. The van der Waals surface area contributed by atoms with Crippen LogP contribution in [0, 0.1) is 19.8 Å². The van der Waals surface area contributed by atoms with Crippen LogP contribution < -0.4 is 11.1 Å². The first-order chi connectivity index (χ1) is 15.4. The third kappa shape index (κ3) is 5.26. The number of carbonyl (C=O) groups excluding carboxylic acids is 2. The first-order valence-electron chi connectivity index (χ1n) is 10.9. The van der Waals surface area contributed by atoms with Crippen molar-refractivity contribution in [1.29, 1.82) is 0 Å². The van der Waals surface area contributed by atoms with Crippen LogP contribution in [0.3, 0.4) is 0 Å². The van der Waals surface area contributed by atoms with Gasteiger partial charge in [-0.15, -0.1) is 11.3 Å². The van der Waals surface area contributed by atoms with Gasteiger partial charge in [0.25, 0.3) is 5.91 Å². The molecule has 0 spiro atoms. The number of hydrogen-bond donors (Lipinski definition) is 2. The molecule has 1 aliphatic rings. The van der Waals surface area contributed by atoms with Crippen molar-refractivity contribution in [3.63, 3.8) is 0 Å². The molecule has 8 heteroatoms. The molecular weight excluding hydrogens is 424 g/mol. The third-order valence-electron chi connectivity index (χ3n) is 5.87. The van der Waals surface area contributed by atoms with Gasteiger partial charge in [0.1, 0.15) is 10.6 Å². The van der Waals surface area contributed by atoms with Gasteiger partial charge >= 0.3 is 0 Å². The molecule has 0 atom stereocenters. The monoisotopic (exact) mass is 452 g/mol. The smallest absolute Gasteiger partial charge is 0.267 e. The van der Waals surface area contributed by atoms with E-state index in [0.29, 0.717) is 21.3 Å². The average Bonchev–Trinajstić information content (AvgIpc) is 3.39. The van der Waals surface area contributed by atoms with Gasteiger partial charge in [0.15, 0.2) is 10.8 Å². The number of nitrogens with two attached hydrogens (primary N) is 1. The predicted molar refractivity (Wildman–Crippen MR) is 126 cm³/mol. The zero-order valence-electron chi connectivity index (χ0n) is 18.4. The van der Waals surface area contributed by atoms with E-state index in [1.54, 1.807) is 0 Å². The minimum Gasteiger partial charge on any atom is -0.459 e. The summed E-state index contributed by atoms with van der Waals surface area (Å²) in [5.74, 6) is 1.17. The Kier molecular flexibility index (Phi) is 6.72. The maximum Gasteiger partial charge on any atom is 0.267 e. The number of aromatic nitrogens is 1. The summed E-state index contributed by atoms with van der Waals surface area (Å²) in [5, 5.41) is 3.67. The van der Waals surface area contributed by atoms with E-state index in [-0.39, 0.29) is 17.7 Å². The summed E-state index contributed by atoms with van der Waals surface area (Å²) in [6.07, 6.45) is 2.62. The van der Waals surface area contributed by atoms with E-state index in [2.05, 4.69) is 15.2 Å².